The molecule has 0 fully saturated rings. The van der Waals surface area contributed by atoms with Crippen molar-refractivity contribution >= 4 is 9.84 Å². The highest BCUT2D eigenvalue weighted by Crippen LogP contribution is 2.39. The van der Waals surface area contributed by atoms with E-state index < -0.39 is 54.6 Å². The number of alkyl halides is 3. The van der Waals surface area contributed by atoms with E-state index in [1.54, 1.807) is 6.92 Å². The Labute approximate surface area is 131 Å². The standard InChI is InChI=1S/C14H7F7O2S/c1-6-2-4-7(5-3-6)24(22,23)13-11(17)9(15)8(14(19,20)21)10(16)12(13)18/h2-5H,1H3. The normalized spacial score (nSPS) is 12.5. The molecule has 0 spiro atoms. The Morgan fingerprint density at radius 1 is 0.792 bits per heavy atom. The molecule has 0 aromatic heterocycles. The average Bonchev–Trinajstić information content (AvgIpc) is 2.44. The molecule has 0 atom stereocenters. The summed E-state index contributed by atoms with van der Waals surface area (Å²) in [6.45, 7) is 1.56. The van der Waals surface area contributed by atoms with Crippen LogP contribution in [-0.2, 0) is 16.0 Å². The zero-order valence-corrected chi connectivity index (χ0v) is 12.5. The molecule has 0 saturated carbocycles. The summed E-state index contributed by atoms with van der Waals surface area (Å²) < 4.78 is 117. The van der Waals surface area contributed by atoms with E-state index >= 15 is 0 Å². The Balaban J connectivity index is 2.84. The molecule has 24 heavy (non-hydrogen) atoms. The van der Waals surface area contributed by atoms with E-state index in [4.69, 9.17) is 0 Å². The van der Waals surface area contributed by atoms with Crippen LogP contribution >= 0.6 is 0 Å². The minimum absolute atomic E-state index is 0.569. The number of rotatable bonds is 2. The van der Waals surface area contributed by atoms with Gasteiger partial charge in [-0.2, -0.15) is 13.2 Å². The van der Waals surface area contributed by atoms with Crippen LogP contribution in [0.15, 0.2) is 34.1 Å². The van der Waals surface area contributed by atoms with E-state index in [-0.39, 0.29) is 0 Å². The highest BCUT2D eigenvalue weighted by atomic mass is 32.2. The lowest BCUT2D eigenvalue weighted by Crippen LogP contribution is -2.19. The van der Waals surface area contributed by atoms with Gasteiger partial charge in [0, 0.05) is 0 Å². The van der Waals surface area contributed by atoms with Crippen molar-refractivity contribution < 1.29 is 39.2 Å². The van der Waals surface area contributed by atoms with Crippen LogP contribution in [0.4, 0.5) is 30.7 Å². The number of halogens is 7. The average molecular weight is 372 g/mol. The number of hydrogen-bond acceptors (Lipinski definition) is 2. The number of benzene rings is 2. The second-order valence-corrected chi connectivity index (χ2v) is 6.66. The smallest absolute Gasteiger partial charge is 0.218 e. The van der Waals surface area contributed by atoms with Crippen LogP contribution in [0.3, 0.4) is 0 Å². The van der Waals surface area contributed by atoms with Gasteiger partial charge in [-0.05, 0) is 19.1 Å². The quantitative estimate of drug-likeness (QED) is 0.578. The van der Waals surface area contributed by atoms with E-state index in [0.717, 1.165) is 12.1 Å². The van der Waals surface area contributed by atoms with Gasteiger partial charge in [0.2, 0.25) is 9.84 Å². The first kappa shape index (κ1) is 18.2. The molecule has 0 aliphatic heterocycles. The Bertz CT molecular complexity index is 871. The lowest BCUT2D eigenvalue weighted by Gasteiger charge is -2.14. The molecule has 0 N–H and O–H groups in total. The lowest BCUT2D eigenvalue weighted by atomic mass is 10.1. The predicted molar refractivity (Wildman–Crippen MR) is 67.9 cm³/mol. The number of sulfone groups is 1. The first-order chi connectivity index (χ1) is 10.9. The Morgan fingerprint density at radius 2 is 1.21 bits per heavy atom. The third kappa shape index (κ3) is 2.85. The molecule has 130 valence electrons. The van der Waals surface area contributed by atoms with Crippen molar-refractivity contribution in [1.82, 2.24) is 0 Å². The molecule has 2 aromatic carbocycles. The second-order valence-electron chi connectivity index (χ2n) is 4.77. The van der Waals surface area contributed by atoms with Gasteiger partial charge in [0.05, 0.1) is 4.90 Å². The summed E-state index contributed by atoms with van der Waals surface area (Å²) in [6.07, 6.45) is -5.75. The van der Waals surface area contributed by atoms with Crippen molar-refractivity contribution in [3.63, 3.8) is 0 Å². The lowest BCUT2D eigenvalue weighted by molar-refractivity contribution is -0.143. The minimum atomic E-state index is -5.75. The largest absolute Gasteiger partial charge is 0.422 e. The summed E-state index contributed by atoms with van der Waals surface area (Å²) >= 11 is 0. The van der Waals surface area contributed by atoms with Gasteiger partial charge >= 0.3 is 6.18 Å². The molecule has 0 radical (unpaired) electrons. The molecule has 10 heteroatoms. The molecule has 0 unspecified atom stereocenters. The van der Waals surface area contributed by atoms with Gasteiger partial charge < -0.3 is 0 Å². The van der Waals surface area contributed by atoms with Crippen LogP contribution in [0, 0.1) is 30.2 Å². The van der Waals surface area contributed by atoms with Crippen molar-refractivity contribution in [2.75, 3.05) is 0 Å². The maximum atomic E-state index is 13.8. The highest BCUT2D eigenvalue weighted by molar-refractivity contribution is 7.91. The minimum Gasteiger partial charge on any atom is -0.218 e. The second kappa shape index (κ2) is 5.76. The summed E-state index contributed by atoms with van der Waals surface area (Å²) in [5.74, 6) is -10.9. The highest BCUT2D eigenvalue weighted by Gasteiger charge is 2.44. The van der Waals surface area contributed by atoms with Gasteiger partial charge in [-0.1, -0.05) is 17.7 Å². The zero-order valence-electron chi connectivity index (χ0n) is 11.7. The molecule has 0 amide bonds. The maximum Gasteiger partial charge on any atom is 0.422 e. The van der Waals surface area contributed by atoms with Crippen molar-refractivity contribution in [2.45, 2.75) is 22.9 Å². The van der Waals surface area contributed by atoms with Crippen molar-refractivity contribution in [2.24, 2.45) is 0 Å². The van der Waals surface area contributed by atoms with Gasteiger partial charge in [-0.15, -0.1) is 0 Å². The van der Waals surface area contributed by atoms with Gasteiger partial charge in [0.15, 0.2) is 23.3 Å². The predicted octanol–water partition coefficient (Wildman–Crippen LogP) is 4.40. The first-order valence-electron chi connectivity index (χ1n) is 6.14. The molecule has 0 heterocycles. The fourth-order valence-electron chi connectivity index (χ4n) is 1.93. The van der Waals surface area contributed by atoms with Crippen molar-refractivity contribution in [3.05, 3.63) is 58.7 Å². The molecule has 2 rings (SSSR count). The van der Waals surface area contributed by atoms with E-state index in [2.05, 4.69) is 0 Å². The first-order valence-corrected chi connectivity index (χ1v) is 7.62. The van der Waals surface area contributed by atoms with Gasteiger partial charge in [0.25, 0.3) is 0 Å². The molecule has 0 bridgehead atoms. The number of hydrogen-bond donors (Lipinski definition) is 0. The molecular weight excluding hydrogens is 365 g/mol. The van der Waals surface area contributed by atoms with Crippen LogP contribution < -0.4 is 0 Å². The number of aryl methyl sites for hydroxylation is 1. The van der Waals surface area contributed by atoms with Crippen LogP contribution in [0.1, 0.15) is 11.1 Å². The molecule has 2 nitrogen and oxygen atoms in total. The van der Waals surface area contributed by atoms with E-state index in [9.17, 15) is 39.2 Å². The van der Waals surface area contributed by atoms with Crippen LogP contribution in [0.25, 0.3) is 0 Å². The van der Waals surface area contributed by atoms with Gasteiger partial charge in [0.1, 0.15) is 10.5 Å². The molecule has 0 saturated heterocycles. The fourth-order valence-corrected chi connectivity index (χ4v) is 3.31. The van der Waals surface area contributed by atoms with Crippen LogP contribution in [0.5, 0.6) is 0 Å². The molecule has 0 aliphatic rings. The monoisotopic (exact) mass is 372 g/mol. The Morgan fingerprint density at radius 3 is 1.58 bits per heavy atom. The fraction of sp³-hybridized carbons (Fsp3) is 0.143. The third-order valence-electron chi connectivity index (χ3n) is 3.11. The van der Waals surface area contributed by atoms with Gasteiger partial charge in [-0.3, -0.25) is 0 Å². The molecule has 0 aliphatic carbocycles. The summed E-state index contributed by atoms with van der Waals surface area (Å²) in [5, 5.41) is 0. The van der Waals surface area contributed by atoms with Crippen LogP contribution in [-0.4, -0.2) is 8.42 Å². The SMILES string of the molecule is Cc1ccc(S(=O)(=O)c2c(F)c(F)c(C(F)(F)F)c(F)c2F)cc1. The van der Waals surface area contributed by atoms with Crippen LogP contribution in [0.2, 0.25) is 0 Å². The summed E-state index contributed by atoms with van der Waals surface area (Å²) in [5.41, 5.74) is -2.26. The van der Waals surface area contributed by atoms with Gasteiger partial charge in [-0.25, -0.2) is 26.0 Å². The summed E-state index contributed by atoms with van der Waals surface area (Å²) in [4.78, 5) is -2.85. The summed E-state index contributed by atoms with van der Waals surface area (Å²) in [7, 11) is -5.12. The third-order valence-corrected chi connectivity index (χ3v) is 4.90. The molecule has 2 aromatic rings. The van der Waals surface area contributed by atoms with E-state index in [1.807, 2.05) is 0 Å². The molecular formula is C14H7F7O2S. The van der Waals surface area contributed by atoms with E-state index in [0.29, 0.717) is 5.56 Å². The maximum absolute atomic E-state index is 13.8. The zero-order chi connectivity index (χ0) is 18.4. The van der Waals surface area contributed by atoms with Crippen molar-refractivity contribution in [3.8, 4) is 0 Å². The Hall–Kier alpha value is -2.10. The van der Waals surface area contributed by atoms with Crippen molar-refractivity contribution in [1.29, 1.82) is 0 Å². The van der Waals surface area contributed by atoms with E-state index in [1.165, 1.54) is 12.1 Å². The topological polar surface area (TPSA) is 34.1 Å². The Kier molecular flexibility index (Phi) is 4.38. The summed E-state index contributed by atoms with van der Waals surface area (Å²) in [6, 6.07) is 4.27.